The molecule has 0 rings (SSSR count). The normalized spacial score (nSPS) is 16.8. The quantitative estimate of drug-likeness (QED) is 0.233. The molecule has 0 radical (unpaired) electrons. The molecule has 0 aliphatic rings. The minimum Gasteiger partial charge on any atom is -0.457 e. The van der Waals surface area contributed by atoms with Crippen molar-refractivity contribution in [2.45, 2.75) is 76.3 Å². The highest BCUT2D eigenvalue weighted by Gasteiger charge is 2.33. The first kappa shape index (κ1) is 21.3. The number of carbonyl (C=O) groups is 1. The molecule has 0 saturated heterocycles. The molecule has 7 heteroatoms. The molecule has 7 nitrogen and oxygen atoms in total. The number of hydrogen-bond donors (Lipinski definition) is 5. The van der Waals surface area contributed by atoms with Gasteiger partial charge in [-0.15, -0.1) is 0 Å². The largest absolute Gasteiger partial charge is 0.457 e. The lowest BCUT2D eigenvalue weighted by Gasteiger charge is -2.27. The zero-order valence-corrected chi connectivity index (χ0v) is 13.2. The molecule has 0 aliphatic heterocycles. The van der Waals surface area contributed by atoms with E-state index in [-0.39, 0.29) is 6.42 Å². The van der Waals surface area contributed by atoms with Crippen LogP contribution < -0.4 is 0 Å². The number of unbranched alkanes of at least 4 members (excludes halogenated alkanes) is 5. The minimum atomic E-state index is -1.70. The summed E-state index contributed by atoms with van der Waals surface area (Å²) >= 11 is 0. The summed E-state index contributed by atoms with van der Waals surface area (Å²) in [5.41, 5.74) is 0. The predicted octanol–water partition coefficient (Wildman–Crippen LogP) is -0.284. The number of aliphatic hydroxyl groups is 5. The van der Waals surface area contributed by atoms with E-state index >= 15 is 0 Å². The molecule has 0 aliphatic carbocycles. The number of aliphatic hydroxyl groups excluding tert-OH is 5. The van der Waals surface area contributed by atoms with Crippen LogP contribution in [0.3, 0.4) is 0 Å². The van der Waals surface area contributed by atoms with Crippen LogP contribution in [0.2, 0.25) is 0 Å². The fourth-order valence-electron chi connectivity index (χ4n) is 2.05. The van der Waals surface area contributed by atoms with Gasteiger partial charge in [0.15, 0.2) is 6.10 Å². The Kier molecular flexibility index (Phi) is 12.4. The van der Waals surface area contributed by atoms with E-state index in [0.717, 1.165) is 25.7 Å². The van der Waals surface area contributed by atoms with E-state index in [9.17, 15) is 20.1 Å². The predicted molar refractivity (Wildman–Crippen MR) is 80.1 cm³/mol. The van der Waals surface area contributed by atoms with Gasteiger partial charge in [0.1, 0.15) is 18.3 Å². The molecule has 0 amide bonds. The number of carbonyl (C=O) groups excluding carboxylic acids is 1. The van der Waals surface area contributed by atoms with Crippen molar-refractivity contribution >= 4 is 5.97 Å². The Morgan fingerprint density at radius 2 is 1.50 bits per heavy atom. The Labute approximate surface area is 131 Å². The number of ether oxygens (including phenoxy) is 1. The molecule has 0 aromatic rings. The molecule has 0 unspecified atom stereocenters. The van der Waals surface area contributed by atoms with E-state index in [1.807, 2.05) is 0 Å². The van der Waals surface area contributed by atoms with Crippen LogP contribution in [0, 0.1) is 0 Å². The van der Waals surface area contributed by atoms with Gasteiger partial charge in [-0.3, -0.25) is 4.79 Å². The maximum absolute atomic E-state index is 11.6. The average molecular weight is 322 g/mol. The van der Waals surface area contributed by atoms with Gasteiger partial charge in [-0.25, -0.2) is 0 Å². The van der Waals surface area contributed by atoms with E-state index in [4.69, 9.17) is 14.9 Å². The molecule has 4 atom stereocenters. The van der Waals surface area contributed by atoms with Crippen molar-refractivity contribution in [1.29, 1.82) is 0 Å². The van der Waals surface area contributed by atoms with Crippen LogP contribution in [0.5, 0.6) is 0 Å². The summed E-state index contributed by atoms with van der Waals surface area (Å²) in [6.07, 6.45) is -0.00716. The van der Waals surface area contributed by atoms with E-state index in [1.54, 1.807) is 0 Å². The van der Waals surface area contributed by atoms with Gasteiger partial charge in [-0.05, 0) is 6.42 Å². The van der Waals surface area contributed by atoms with Crippen LogP contribution in [0.4, 0.5) is 0 Å². The second-order valence-electron chi connectivity index (χ2n) is 5.46. The van der Waals surface area contributed by atoms with Crippen LogP contribution in [0.1, 0.15) is 51.9 Å². The second kappa shape index (κ2) is 12.8. The van der Waals surface area contributed by atoms with Crippen LogP contribution >= 0.6 is 0 Å². The van der Waals surface area contributed by atoms with Gasteiger partial charge < -0.3 is 30.3 Å². The summed E-state index contributed by atoms with van der Waals surface area (Å²) in [6, 6.07) is 0. The molecular formula is C15H30O7. The van der Waals surface area contributed by atoms with Crippen LogP contribution in [0.25, 0.3) is 0 Å². The Hall–Kier alpha value is -0.730. The third-order valence-corrected chi connectivity index (χ3v) is 3.51. The van der Waals surface area contributed by atoms with E-state index < -0.39 is 43.6 Å². The van der Waals surface area contributed by atoms with Crippen molar-refractivity contribution in [2.75, 3.05) is 13.2 Å². The summed E-state index contributed by atoms with van der Waals surface area (Å²) in [6.45, 7) is 0.695. The summed E-state index contributed by atoms with van der Waals surface area (Å²) in [5.74, 6) is -0.570. The summed E-state index contributed by atoms with van der Waals surface area (Å²) in [4.78, 5) is 11.6. The topological polar surface area (TPSA) is 127 Å². The molecule has 22 heavy (non-hydrogen) atoms. The summed E-state index contributed by atoms with van der Waals surface area (Å²) < 4.78 is 4.91. The van der Waals surface area contributed by atoms with Crippen molar-refractivity contribution in [1.82, 2.24) is 0 Å². The van der Waals surface area contributed by atoms with Crippen LogP contribution in [0.15, 0.2) is 0 Å². The molecule has 0 bridgehead atoms. The lowest BCUT2D eigenvalue weighted by Crippen LogP contribution is -2.48. The van der Waals surface area contributed by atoms with Gasteiger partial charge in [-0.1, -0.05) is 39.0 Å². The van der Waals surface area contributed by atoms with Gasteiger partial charge in [-0.2, -0.15) is 0 Å². The Morgan fingerprint density at radius 1 is 0.909 bits per heavy atom. The number of hydrogen-bond acceptors (Lipinski definition) is 7. The molecule has 0 saturated carbocycles. The van der Waals surface area contributed by atoms with Crippen molar-refractivity contribution in [3.63, 3.8) is 0 Å². The Morgan fingerprint density at radius 3 is 2.05 bits per heavy atom. The highest BCUT2D eigenvalue weighted by molar-refractivity contribution is 5.69. The fourth-order valence-corrected chi connectivity index (χ4v) is 2.05. The maximum atomic E-state index is 11.6. The van der Waals surface area contributed by atoms with Crippen LogP contribution in [-0.2, 0) is 9.53 Å². The molecule has 0 aromatic heterocycles. The lowest BCUT2D eigenvalue weighted by molar-refractivity contribution is -0.171. The monoisotopic (exact) mass is 322 g/mol. The van der Waals surface area contributed by atoms with Crippen molar-refractivity contribution in [2.24, 2.45) is 0 Å². The second-order valence-corrected chi connectivity index (χ2v) is 5.46. The molecule has 132 valence electrons. The van der Waals surface area contributed by atoms with Gasteiger partial charge >= 0.3 is 5.97 Å². The third-order valence-electron chi connectivity index (χ3n) is 3.51. The smallest absolute Gasteiger partial charge is 0.306 e. The molecule has 0 heterocycles. The third kappa shape index (κ3) is 8.65. The maximum Gasteiger partial charge on any atom is 0.306 e. The molecular weight excluding hydrogens is 292 g/mol. The number of esters is 1. The fraction of sp³-hybridized carbons (Fsp3) is 0.933. The van der Waals surface area contributed by atoms with Crippen molar-refractivity contribution in [3.8, 4) is 0 Å². The van der Waals surface area contributed by atoms with Crippen molar-refractivity contribution < 1.29 is 35.1 Å². The first-order chi connectivity index (χ1) is 10.5. The average Bonchev–Trinajstić information content (AvgIpc) is 2.53. The van der Waals surface area contributed by atoms with Gasteiger partial charge in [0.05, 0.1) is 13.2 Å². The Balaban J connectivity index is 4.07. The van der Waals surface area contributed by atoms with Crippen LogP contribution in [-0.4, -0.2) is 69.1 Å². The first-order valence-electron chi connectivity index (χ1n) is 7.93. The van der Waals surface area contributed by atoms with Crippen molar-refractivity contribution in [3.05, 3.63) is 0 Å². The van der Waals surface area contributed by atoms with E-state index in [1.165, 1.54) is 6.42 Å². The molecule has 0 spiro atoms. The lowest BCUT2D eigenvalue weighted by atomic mass is 10.0. The van der Waals surface area contributed by atoms with Gasteiger partial charge in [0.25, 0.3) is 0 Å². The minimum absolute atomic E-state index is 0.175. The highest BCUT2D eigenvalue weighted by Crippen LogP contribution is 2.11. The van der Waals surface area contributed by atoms with E-state index in [0.29, 0.717) is 6.42 Å². The first-order valence-corrected chi connectivity index (χ1v) is 7.93. The molecule has 0 aromatic carbocycles. The zero-order chi connectivity index (χ0) is 17.0. The highest BCUT2D eigenvalue weighted by atomic mass is 16.6. The molecule has 5 N–H and O–H groups in total. The summed E-state index contributed by atoms with van der Waals surface area (Å²) in [7, 11) is 0. The molecule has 0 fully saturated rings. The standard InChI is InChI=1S/C15H30O7/c1-2-3-4-5-6-7-8-13(19)22-12(10-17)15(21)14(20)11(18)9-16/h11-12,14-18,20-21H,2-10H2,1H3/t11-,12-,14-,15-/m0/s1. The van der Waals surface area contributed by atoms with Gasteiger partial charge in [0, 0.05) is 6.42 Å². The Bertz CT molecular complexity index is 285. The SMILES string of the molecule is CCCCCCCCC(=O)O[C@@H](CO)[C@H](O)[C@@H](O)[C@@H](O)CO. The zero-order valence-electron chi connectivity index (χ0n) is 13.2. The van der Waals surface area contributed by atoms with E-state index in [2.05, 4.69) is 6.92 Å². The summed E-state index contributed by atoms with van der Waals surface area (Å²) in [5, 5.41) is 46.3. The van der Waals surface area contributed by atoms with Gasteiger partial charge in [0.2, 0.25) is 0 Å². The number of rotatable bonds is 13.